The second-order valence-electron chi connectivity index (χ2n) is 5.88. The zero-order valence-electron chi connectivity index (χ0n) is 15.7. The first kappa shape index (κ1) is 21.3. The van der Waals surface area contributed by atoms with Crippen molar-refractivity contribution in [2.75, 3.05) is 38.4 Å². The van der Waals surface area contributed by atoms with Crippen LogP contribution in [0.3, 0.4) is 0 Å². The highest BCUT2D eigenvalue weighted by molar-refractivity contribution is 6.50. The van der Waals surface area contributed by atoms with E-state index in [1.807, 2.05) is 19.2 Å². The van der Waals surface area contributed by atoms with Crippen molar-refractivity contribution in [3.63, 3.8) is 0 Å². The number of carbonyl (C=O) groups excluding carboxylic acids is 1. The molecule has 2 aromatic carbocycles. The molecule has 0 aliphatic carbocycles. The molecule has 8 heteroatoms. The Bertz CT molecular complexity index is 895. The zero-order chi connectivity index (χ0) is 20.7. The number of nitrogens with one attached hydrogen (secondary N) is 2. The maximum atomic E-state index is 12.5. The molecule has 0 heterocycles. The minimum Gasteiger partial charge on any atom is -0.490 e. The van der Waals surface area contributed by atoms with Crippen molar-refractivity contribution < 1.29 is 14.3 Å². The van der Waals surface area contributed by atoms with Crippen molar-refractivity contribution in [3.8, 4) is 5.75 Å². The van der Waals surface area contributed by atoms with Gasteiger partial charge in [0, 0.05) is 48.9 Å². The molecule has 0 radical (unpaired) electrons. The molecule has 28 heavy (non-hydrogen) atoms. The monoisotopic (exact) mass is 402 g/mol. The van der Waals surface area contributed by atoms with Crippen LogP contribution in [0.1, 0.15) is 11.1 Å². The first-order valence-electron chi connectivity index (χ1n) is 8.46. The van der Waals surface area contributed by atoms with E-state index in [-0.39, 0.29) is 27.7 Å². The van der Waals surface area contributed by atoms with Gasteiger partial charge in [0.25, 0.3) is 0 Å². The lowest BCUT2D eigenvalue weighted by atomic mass is 10.0. The predicted molar refractivity (Wildman–Crippen MR) is 113 cm³/mol. The molecule has 0 aliphatic heterocycles. The number of hydrogen-bond donors (Lipinski definition) is 4. The molecule has 0 saturated heterocycles. The highest BCUT2D eigenvalue weighted by Crippen LogP contribution is 2.30. The van der Waals surface area contributed by atoms with Gasteiger partial charge in [-0.1, -0.05) is 23.7 Å². The van der Waals surface area contributed by atoms with Crippen molar-refractivity contribution in [3.05, 3.63) is 58.6 Å². The Labute approximate surface area is 168 Å². The molecule has 0 fully saturated rings. The van der Waals surface area contributed by atoms with Crippen LogP contribution < -0.4 is 21.5 Å². The van der Waals surface area contributed by atoms with Crippen LogP contribution in [0.4, 0.5) is 11.4 Å². The maximum absolute atomic E-state index is 12.5. The van der Waals surface area contributed by atoms with Crippen LogP contribution in [-0.2, 0) is 9.53 Å². The summed E-state index contributed by atoms with van der Waals surface area (Å²) in [4.78, 5) is 12.5. The van der Waals surface area contributed by atoms with Gasteiger partial charge in [0.2, 0.25) is 5.78 Å². The summed E-state index contributed by atoms with van der Waals surface area (Å²) in [5.41, 5.74) is 13.9. The third kappa shape index (κ3) is 5.25. The number of nitrogen functional groups attached to an aromatic ring is 1. The minimum absolute atomic E-state index is 0.209. The molecule has 0 aromatic heterocycles. The van der Waals surface area contributed by atoms with E-state index in [9.17, 15) is 4.79 Å². The van der Waals surface area contributed by atoms with E-state index < -0.39 is 5.78 Å². The van der Waals surface area contributed by atoms with Crippen molar-refractivity contribution in [2.45, 2.75) is 0 Å². The number of methoxy groups -OCH3 is 1. The molecule has 6 N–H and O–H groups in total. The number of allylic oxidation sites excluding steroid dienone is 1. The lowest BCUT2D eigenvalue weighted by Gasteiger charge is -2.12. The second kappa shape index (κ2) is 9.77. The number of hydrogen-bond acceptors (Lipinski definition) is 7. The number of rotatable bonds is 9. The fraction of sp³-hybridized carbons (Fsp3) is 0.200. The summed E-state index contributed by atoms with van der Waals surface area (Å²) < 4.78 is 10.4. The smallest absolute Gasteiger partial charge is 0.206 e. The van der Waals surface area contributed by atoms with Gasteiger partial charge >= 0.3 is 0 Å². The number of halogens is 1. The number of ketones is 1. The second-order valence-corrected chi connectivity index (χ2v) is 6.28. The number of anilines is 2. The van der Waals surface area contributed by atoms with Gasteiger partial charge in [-0.2, -0.15) is 0 Å². The Morgan fingerprint density at radius 3 is 2.54 bits per heavy atom. The summed E-state index contributed by atoms with van der Waals surface area (Å²) in [5.74, 6) is -0.217. The van der Waals surface area contributed by atoms with E-state index in [4.69, 9.17) is 38.0 Å². The fourth-order valence-corrected chi connectivity index (χ4v) is 2.61. The van der Waals surface area contributed by atoms with E-state index in [0.717, 1.165) is 5.69 Å². The van der Waals surface area contributed by atoms with Gasteiger partial charge < -0.3 is 26.3 Å². The van der Waals surface area contributed by atoms with Crippen LogP contribution in [0.5, 0.6) is 5.75 Å². The number of ether oxygens (including phenoxy) is 2. The summed E-state index contributed by atoms with van der Waals surface area (Å²) >= 11 is 6.18. The molecular formula is C20H23ClN4O3. The van der Waals surface area contributed by atoms with Gasteiger partial charge in [0.05, 0.1) is 11.6 Å². The van der Waals surface area contributed by atoms with Gasteiger partial charge in [-0.05, 0) is 23.8 Å². The molecule has 0 aliphatic rings. The van der Waals surface area contributed by atoms with Gasteiger partial charge in [-0.25, -0.2) is 0 Å². The average Bonchev–Trinajstić information content (AvgIpc) is 2.69. The highest BCUT2D eigenvalue weighted by Gasteiger charge is 2.17. The van der Waals surface area contributed by atoms with Gasteiger partial charge in [0.1, 0.15) is 18.1 Å². The summed E-state index contributed by atoms with van der Waals surface area (Å²) in [6, 6.07) is 10.2. The molecule has 2 rings (SSSR count). The van der Waals surface area contributed by atoms with Crippen molar-refractivity contribution in [1.82, 2.24) is 0 Å². The molecule has 0 atom stereocenters. The molecule has 0 saturated carbocycles. The normalized spacial score (nSPS) is 11.2. The number of benzene rings is 2. The molecule has 148 valence electrons. The van der Waals surface area contributed by atoms with E-state index in [0.29, 0.717) is 24.5 Å². The van der Waals surface area contributed by atoms with E-state index in [2.05, 4.69) is 5.32 Å². The van der Waals surface area contributed by atoms with E-state index in [1.165, 1.54) is 18.2 Å². The molecule has 2 aromatic rings. The third-order valence-corrected chi connectivity index (χ3v) is 4.25. The summed E-state index contributed by atoms with van der Waals surface area (Å²) in [7, 11) is 3.37. The lowest BCUT2D eigenvalue weighted by molar-refractivity contribution is -0.108. The number of carbonyl (C=O) groups is 1. The van der Waals surface area contributed by atoms with Crippen molar-refractivity contribution in [1.29, 1.82) is 5.41 Å². The van der Waals surface area contributed by atoms with E-state index in [1.54, 1.807) is 19.2 Å². The topological polar surface area (TPSA) is 123 Å². The Hall–Kier alpha value is -3.03. The van der Waals surface area contributed by atoms with Gasteiger partial charge in [0.15, 0.2) is 0 Å². The molecule has 7 nitrogen and oxygen atoms in total. The average molecular weight is 403 g/mol. The standard InChI is InChI=1S/C20H23ClN4O3/c1-25-13-5-3-12(4-6-13)16(22)10-18(26)20(24)14-9-15(21)19(11-17(14)23)28-8-7-27-2/h3-6,9-11,24-25H,7-8,22-23H2,1-2H3. The van der Waals surface area contributed by atoms with Crippen molar-refractivity contribution >= 4 is 40.2 Å². The Kier molecular flexibility index (Phi) is 7.43. The van der Waals surface area contributed by atoms with Crippen molar-refractivity contribution in [2.24, 2.45) is 5.73 Å². The predicted octanol–water partition coefficient (Wildman–Crippen LogP) is 2.93. The largest absolute Gasteiger partial charge is 0.490 e. The van der Waals surface area contributed by atoms with Crippen LogP contribution in [0, 0.1) is 5.41 Å². The minimum atomic E-state index is -0.578. The highest BCUT2D eigenvalue weighted by atomic mass is 35.5. The fourth-order valence-electron chi connectivity index (χ4n) is 2.39. The number of nitrogens with two attached hydrogens (primary N) is 2. The summed E-state index contributed by atoms with van der Waals surface area (Å²) in [5, 5.41) is 11.4. The SMILES string of the molecule is CNc1ccc(C(N)=CC(=O)C(=N)c2cc(Cl)c(OCCOC)cc2N)cc1. The van der Waals surface area contributed by atoms with Crippen LogP contribution in [0.2, 0.25) is 5.02 Å². The molecular weight excluding hydrogens is 380 g/mol. The van der Waals surface area contributed by atoms with E-state index >= 15 is 0 Å². The quantitative estimate of drug-likeness (QED) is 0.221. The Morgan fingerprint density at radius 1 is 1.25 bits per heavy atom. The van der Waals surface area contributed by atoms with Crippen LogP contribution >= 0.6 is 11.6 Å². The zero-order valence-corrected chi connectivity index (χ0v) is 16.5. The summed E-state index contributed by atoms with van der Waals surface area (Å²) in [6.45, 7) is 0.697. The van der Waals surface area contributed by atoms with Crippen LogP contribution in [0.25, 0.3) is 5.70 Å². The Balaban J connectivity index is 2.19. The molecule has 0 unspecified atom stereocenters. The first-order valence-corrected chi connectivity index (χ1v) is 8.84. The van der Waals surface area contributed by atoms with Crippen LogP contribution in [-0.4, -0.2) is 38.9 Å². The molecule has 0 amide bonds. The maximum Gasteiger partial charge on any atom is 0.206 e. The Morgan fingerprint density at radius 2 is 1.93 bits per heavy atom. The summed E-state index contributed by atoms with van der Waals surface area (Å²) in [6.07, 6.45) is 1.20. The third-order valence-electron chi connectivity index (χ3n) is 3.96. The van der Waals surface area contributed by atoms with Gasteiger partial charge in [-0.3, -0.25) is 10.2 Å². The first-order chi connectivity index (χ1) is 13.4. The van der Waals surface area contributed by atoms with Crippen LogP contribution in [0.15, 0.2) is 42.5 Å². The lowest BCUT2D eigenvalue weighted by Crippen LogP contribution is -2.16. The molecule has 0 bridgehead atoms. The molecule has 0 spiro atoms. The van der Waals surface area contributed by atoms with Gasteiger partial charge in [-0.15, -0.1) is 0 Å².